The Balaban J connectivity index is 1.95. The summed E-state index contributed by atoms with van der Waals surface area (Å²) in [5, 5.41) is 4.29. The molecule has 0 spiro atoms. The summed E-state index contributed by atoms with van der Waals surface area (Å²) < 4.78 is 7.06. The average Bonchev–Trinajstić information content (AvgIpc) is 3.27. The van der Waals surface area contributed by atoms with Crippen LogP contribution in [0.3, 0.4) is 0 Å². The fourth-order valence-electron chi connectivity index (χ4n) is 3.05. The van der Waals surface area contributed by atoms with Gasteiger partial charge in [-0.05, 0) is 43.2 Å². The molecule has 6 heteroatoms. The second kappa shape index (κ2) is 7.30. The zero-order valence-corrected chi connectivity index (χ0v) is 15.1. The van der Waals surface area contributed by atoms with E-state index in [1.165, 1.54) is 0 Å². The van der Waals surface area contributed by atoms with Crippen molar-refractivity contribution in [3.63, 3.8) is 0 Å². The number of amides is 1. The van der Waals surface area contributed by atoms with E-state index >= 15 is 0 Å². The van der Waals surface area contributed by atoms with Crippen LogP contribution in [0.1, 0.15) is 31.4 Å². The Morgan fingerprint density at radius 1 is 1.50 bits per heavy atom. The molecule has 24 heavy (non-hydrogen) atoms. The Labute approximate surface area is 147 Å². The number of hydrogen-bond donors (Lipinski definition) is 0. The van der Waals surface area contributed by atoms with E-state index in [-0.39, 0.29) is 17.2 Å². The van der Waals surface area contributed by atoms with Crippen LogP contribution in [0.5, 0.6) is 5.75 Å². The molecule has 1 aromatic carbocycles. The summed E-state index contributed by atoms with van der Waals surface area (Å²) in [5.41, 5.74) is 1.89. The summed E-state index contributed by atoms with van der Waals surface area (Å²) in [6.45, 7) is 2.05. The van der Waals surface area contributed by atoms with E-state index in [4.69, 9.17) is 4.74 Å². The molecule has 0 unspecified atom stereocenters. The Morgan fingerprint density at radius 2 is 2.33 bits per heavy atom. The molecular formula is C18H23N3O2S. The van der Waals surface area contributed by atoms with E-state index in [9.17, 15) is 4.79 Å². The van der Waals surface area contributed by atoms with Gasteiger partial charge in [-0.2, -0.15) is 5.10 Å². The second-order valence-corrected chi connectivity index (χ2v) is 7.35. The first kappa shape index (κ1) is 16.9. The van der Waals surface area contributed by atoms with Crippen LogP contribution >= 0.6 is 11.8 Å². The van der Waals surface area contributed by atoms with Gasteiger partial charge in [0.25, 0.3) is 0 Å². The predicted molar refractivity (Wildman–Crippen MR) is 97.6 cm³/mol. The first-order chi connectivity index (χ1) is 11.6. The fraction of sp³-hybridized carbons (Fsp3) is 0.444. The molecule has 5 nitrogen and oxygen atoms in total. The zero-order chi connectivity index (χ0) is 17.1. The molecule has 1 saturated heterocycles. The quantitative estimate of drug-likeness (QED) is 0.833. The van der Waals surface area contributed by atoms with E-state index in [0.717, 1.165) is 35.6 Å². The number of thioether (sulfide) groups is 1. The molecule has 1 aliphatic rings. The van der Waals surface area contributed by atoms with E-state index in [0.29, 0.717) is 0 Å². The number of nitrogens with zero attached hydrogens (tertiary/aromatic N) is 3. The number of aromatic nitrogens is 2. The summed E-state index contributed by atoms with van der Waals surface area (Å²) in [4.78, 5) is 15.0. The van der Waals surface area contributed by atoms with Crippen molar-refractivity contribution in [2.24, 2.45) is 7.05 Å². The minimum Gasteiger partial charge on any atom is -0.497 e. The van der Waals surface area contributed by atoms with Crippen LogP contribution in [-0.2, 0) is 11.8 Å². The van der Waals surface area contributed by atoms with Crippen LogP contribution in [0.4, 0.5) is 5.69 Å². The average molecular weight is 345 g/mol. The number of ether oxygens (including phenoxy) is 1. The van der Waals surface area contributed by atoms with Crippen LogP contribution in [0, 0.1) is 0 Å². The predicted octanol–water partition coefficient (Wildman–Crippen LogP) is 3.42. The summed E-state index contributed by atoms with van der Waals surface area (Å²) in [6.07, 6.45) is 5.71. The second-order valence-electron chi connectivity index (χ2n) is 6.03. The van der Waals surface area contributed by atoms with Gasteiger partial charge in [-0.15, -0.1) is 11.8 Å². The van der Waals surface area contributed by atoms with Crippen molar-refractivity contribution in [1.82, 2.24) is 9.78 Å². The molecule has 1 aliphatic heterocycles. The maximum absolute atomic E-state index is 13.2. The molecule has 1 aromatic heterocycles. The van der Waals surface area contributed by atoms with Gasteiger partial charge in [0.15, 0.2) is 0 Å². The van der Waals surface area contributed by atoms with Gasteiger partial charge in [-0.3, -0.25) is 9.48 Å². The van der Waals surface area contributed by atoms with Crippen LogP contribution in [0.2, 0.25) is 0 Å². The minimum atomic E-state index is -0.0852. The van der Waals surface area contributed by atoms with Gasteiger partial charge < -0.3 is 9.64 Å². The number of hydrogen-bond acceptors (Lipinski definition) is 4. The van der Waals surface area contributed by atoms with Crippen molar-refractivity contribution in [1.29, 1.82) is 0 Å². The number of rotatable bonds is 5. The van der Waals surface area contributed by atoms with Gasteiger partial charge in [-0.1, -0.05) is 12.1 Å². The molecule has 0 bridgehead atoms. The highest BCUT2D eigenvalue weighted by atomic mass is 32.2. The lowest BCUT2D eigenvalue weighted by molar-refractivity contribution is -0.118. The SMILES string of the molecule is COc1cccc([C@@H](C)N(C(=O)[C@H]2CCCS2)c2cnn(C)c2)c1. The van der Waals surface area contributed by atoms with Gasteiger partial charge >= 0.3 is 0 Å². The molecule has 0 radical (unpaired) electrons. The molecule has 2 aromatic rings. The van der Waals surface area contributed by atoms with E-state index < -0.39 is 0 Å². The molecular weight excluding hydrogens is 322 g/mol. The lowest BCUT2D eigenvalue weighted by Crippen LogP contribution is -2.38. The largest absolute Gasteiger partial charge is 0.497 e. The smallest absolute Gasteiger partial charge is 0.240 e. The highest BCUT2D eigenvalue weighted by Crippen LogP contribution is 2.34. The number of benzene rings is 1. The van der Waals surface area contributed by atoms with Crippen LogP contribution in [-0.4, -0.2) is 33.8 Å². The summed E-state index contributed by atoms with van der Waals surface area (Å²) >= 11 is 1.76. The van der Waals surface area contributed by atoms with Gasteiger partial charge in [0.05, 0.1) is 30.3 Å². The van der Waals surface area contributed by atoms with E-state index in [1.807, 2.05) is 42.4 Å². The molecule has 3 rings (SSSR count). The fourth-order valence-corrected chi connectivity index (χ4v) is 4.26. The Hall–Kier alpha value is -1.95. The lowest BCUT2D eigenvalue weighted by Gasteiger charge is -2.30. The van der Waals surface area contributed by atoms with Crippen molar-refractivity contribution in [2.45, 2.75) is 31.1 Å². The Kier molecular flexibility index (Phi) is 5.14. The molecule has 2 atom stereocenters. The van der Waals surface area contributed by atoms with Gasteiger partial charge in [-0.25, -0.2) is 0 Å². The van der Waals surface area contributed by atoms with Crippen molar-refractivity contribution >= 4 is 23.4 Å². The number of carbonyl (C=O) groups excluding carboxylic acids is 1. The zero-order valence-electron chi connectivity index (χ0n) is 14.3. The van der Waals surface area contributed by atoms with Gasteiger partial charge in [0.1, 0.15) is 5.75 Å². The van der Waals surface area contributed by atoms with Gasteiger partial charge in [0, 0.05) is 13.2 Å². The summed E-state index contributed by atoms with van der Waals surface area (Å²) in [7, 11) is 3.52. The molecule has 1 fully saturated rings. The molecule has 0 saturated carbocycles. The maximum Gasteiger partial charge on any atom is 0.240 e. The van der Waals surface area contributed by atoms with Crippen molar-refractivity contribution in [3.8, 4) is 5.75 Å². The Morgan fingerprint density at radius 3 is 2.96 bits per heavy atom. The number of carbonyl (C=O) groups is 1. The van der Waals surface area contributed by atoms with E-state index in [2.05, 4.69) is 12.0 Å². The molecule has 0 N–H and O–H groups in total. The highest BCUT2D eigenvalue weighted by molar-refractivity contribution is 8.00. The highest BCUT2D eigenvalue weighted by Gasteiger charge is 2.32. The lowest BCUT2D eigenvalue weighted by atomic mass is 10.0. The van der Waals surface area contributed by atoms with Crippen LogP contribution in [0.25, 0.3) is 0 Å². The van der Waals surface area contributed by atoms with Crippen LogP contribution < -0.4 is 9.64 Å². The van der Waals surface area contributed by atoms with E-state index in [1.54, 1.807) is 29.8 Å². The third kappa shape index (κ3) is 3.43. The van der Waals surface area contributed by atoms with Crippen molar-refractivity contribution < 1.29 is 9.53 Å². The third-order valence-electron chi connectivity index (χ3n) is 4.38. The molecule has 0 aliphatic carbocycles. The third-order valence-corrected chi connectivity index (χ3v) is 5.74. The molecule has 2 heterocycles. The first-order valence-electron chi connectivity index (χ1n) is 8.17. The monoisotopic (exact) mass is 345 g/mol. The van der Waals surface area contributed by atoms with Crippen molar-refractivity contribution in [3.05, 3.63) is 42.2 Å². The van der Waals surface area contributed by atoms with Gasteiger partial charge in [0.2, 0.25) is 5.91 Å². The normalized spacial score (nSPS) is 18.4. The van der Waals surface area contributed by atoms with Crippen LogP contribution in [0.15, 0.2) is 36.7 Å². The molecule has 128 valence electrons. The molecule has 1 amide bonds. The number of anilines is 1. The maximum atomic E-state index is 13.2. The topological polar surface area (TPSA) is 47.4 Å². The number of methoxy groups -OCH3 is 1. The van der Waals surface area contributed by atoms with Crippen molar-refractivity contribution in [2.75, 3.05) is 17.8 Å². The standard InChI is InChI=1S/C18H23N3O2S/c1-13(14-6-4-7-16(10-14)23-3)21(15-11-19-20(2)12-15)18(22)17-8-5-9-24-17/h4,6-7,10-13,17H,5,8-9H2,1-3H3/t13-,17-/m1/s1. The summed E-state index contributed by atoms with van der Waals surface area (Å²) in [6, 6.07) is 7.81. The Bertz CT molecular complexity index is 710. The summed E-state index contributed by atoms with van der Waals surface area (Å²) in [5.74, 6) is 2.03. The number of aryl methyl sites for hydroxylation is 1. The first-order valence-corrected chi connectivity index (χ1v) is 9.22. The minimum absolute atomic E-state index is 0.0401.